The molecule has 0 radical (unpaired) electrons. The molecule has 1 atom stereocenters. The molecule has 4 heteroatoms. The highest BCUT2D eigenvalue weighted by Crippen LogP contribution is 2.06. The first-order valence-electron chi connectivity index (χ1n) is 4.71. The van der Waals surface area contributed by atoms with Crippen LogP contribution in [0.5, 0.6) is 0 Å². The predicted molar refractivity (Wildman–Crippen MR) is 52.3 cm³/mol. The third-order valence-corrected chi connectivity index (χ3v) is 2.25. The van der Waals surface area contributed by atoms with Crippen molar-refractivity contribution in [2.75, 3.05) is 13.1 Å². The molecular formula is C10H14N2O2. The minimum Gasteiger partial charge on any atom is -0.297 e. The summed E-state index contributed by atoms with van der Waals surface area (Å²) in [6.45, 7) is 2.48. The molecule has 1 N–H and O–H groups in total. The number of amides is 2. The van der Waals surface area contributed by atoms with Gasteiger partial charge in [0.2, 0.25) is 11.8 Å². The van der Waals surface area contributed by atoms with Crippen molar-refractivity contribution in [2.45, 2.75) is 25.8 Å². The van der Waals surface area contributed by atoms with Gasteiger partial charge >= 0.3 is 0 Å². The Balaban J connectivity index is 2.64. The number of nitrogens with one attached hydrogen (secondary N) is 1. The summed E-state index contributed by atoms with van der Waals surface area (Å²) in [6, 6.07) is -0.231. The monoisotopic (exact) mass is 194 g/mol. The maximum absolute atomic E-state index is 11.6. The second kappa shape index (κ2) is 4.77. The minimum absolute atomic E-state index is 0.154. The third kappa shape index (κ3) is 2.12. The van der Waals surface area contributed by atoms with E-state index in [1.165, 1.54) is 4.90 Å². The number of nitrogens with zero attached hydrogens (tertiary/aromatic N) is 1. The fourth-order valence-corrected chi connectivity index (χ4v) is 1.43. The summed E-state index contributed by atoms with van der Waals surface area (Å²) in [5.74, 6) is 2.08. The van der Waals surface area contributed by atoms with Crippen molar-refractivity contribution in [1.82, 2.24) is 10.2 Å². The largest absolute Gasteiger partial charge is 0.297 e. The number of imide groups is 1. The van der Waals surface area contributed by atoms with Crippen molar-refractivity contribution in [2.24, 2.45) is 0 Å². The normalized spacial score (nSPS) is 22.3. The van der Waals surface area contributed by atoms with Crippen LogP contribution in [0, 0.1) is 12.3 Å². The van der Waals surface area contributed by atoms with Gasteiger partial charge in [-0.25, -0.2) is 0 Å². The third-order valence-electron chi connectivity index (χ3n) is 2.25. The Labute approximate surface area is 83.6 Å². The van der Waals surface area contributed by atoms with Crippen LogP contribution in [0.25, 0.3) is 0 Å². The second-order valence-corrected chi connectivity index (χ2v) is 3.18. The zero-order valence-electron chi connectivity index (χ0n) is 8.25. The van der Waals surface area contributed by atoms with Gasteiger partial charge in [0.15, 0.2) is 0 Å². The molecule has 1 heterocycles. The summed E-state index contributed by atoms with van der Waals surface area (Å²) in [7, 11) is 0. The van der Waals surface area contributed by atoms with Crippen molar-refractivity contribution in [3.05, 3.63) is 0 Å². The number of piperazine rings is 1. The quantitative estimate of drug-likeness (QED) is 0.497. The van der Waals surface area contributed by atoms with Crippen LogP contribution in [0.15, 0.2) is 0 Å². The van der Waals surface area contributed by atoms with Crippen LogP contribution in [0.2, 0.25) is 0 Å². The molecule has 76 valence electrons. The van der Waals surface area contributed by atoms with Crippen LogP contribution in [-0.2, 0) is 9.59 Å². The lowest BCUT2D eigenvalue weighted by molar-refractivity contribution is -0.149. The molecule has 1 saturated heterocycles. The van der Waals surface area contributed by atoms with Crippen molar-refractivity contribution in [3.8, 4) is 12.3 Å². The van der Waals surface area contributed by atoms with Gasteiger partial charge in [-0.2, -0.15) is 0 Å². The molecular weight excluding hydrogens is 180 g/mol. The van der Waals surface area contributed by atoms with E-state index < -0.39 is 0 Å². The molecule has 1 rings (SSSR count). The zero-order valence-corrected chi connectivity index (χ0v) is 8.25. The molecule has 1 aliphatic heterocycles. The Morgan fingerprint density at radius 2 is 2.36 bits per heavy atom. The second-order valence-electron chi connectivity index (χ2n) is 3.18. The van der Waals surface area contributed by atoms with Crippen LogP contribution in [0.3, 0.4) is 0 Å². The van der Waals surface area contributed by atoms with E-state index in [0.29, 0.717) is 19.4 Å². The standard InChI is InChI=1S/C10H14N2O2/c1-3-5-6-12-9(13)7-11-8(4-2)10(12)14/h1,8,11H,4-7H2,2H3. The first-order valence-corrected chi connectivity index (χ1v) is 4.71. The summed E-state index contributed by atoms with van der Waals surface area (Å²) < 4.78 is 0. The van der Waals surface area contributed by atoms with Crippen LogP contribution in [0.1, 0.15) is 19.8 Å². The van der Waals surface area contributed by atoms with Gasteiger partial charge in [-0.05, 0) is 6.42 Å². The van der Waals surface area contributed by atoms with E-state index >= 15 is 0 Å². The highest BCUT2D eigenvalue weighted by atomic mass is 16.2. The lowest BCUT2D eigenvalue weighted by Crippen LogP contribution is -2.57. The van der Waals surface area contributed by atoms with E-state index in [9.17, 15) is 9.59 Å². The van der Waals surface area contributed by atoms with Gasteiger partial charge in [-0.1, -0.05) is 6.92 Å². The summed E-state index contributed by atoms with van der Waals surface area (Å²) in [6.07, 6.45) is 6.21. The summed E-state index contributed by atoms with van der Waals surface area (Å²) in [5.41, 5.74) is 0. The number of carbonyl (C=O) groups excluding carboxylic acids is 2. The first kappa shape index (κ1) is 10.7. The van der Waals surface area contributed by atoms with E-state index in [-0.39, 0.29) is 24.4 Å². The van der Waals surface area contributed by atoms with E-state index in [2.05, 4.69) is 11.2 Å². The summed E-state index contributed by atoms with van der Waals surface area (Å²) >= 11 is 0. The fourth-order valence-electron chi connectivity index (χ4n) is 1.43. The van der Waals surface area contributed by atoms with Crippen LogP contribution in [-0.4, -0.2) is 35.8 Å². The van der Waals surface area contributed by atoms with E-state index in [4.69, 9.17) is 6.42 Å². The average molecular weight is 194 g/mol. The van der Waals surface area contributed by atoms with Crippen molar-refractivity contribution in [3.63, 3.8) is 0 Å². The Hall–Kier alpha value is -1.34. The Kier molecular flexibility index (Phi) is 3.66. The number of hydrogen-bond donors (Lipinski definition) is 1. The molecule has 4 nitrogen and oxygen atoms in total. The van der Waals surface area contributed by atoms with Crippen molar-refractivity contribution in [1.29, 1.82) is 0 Å². The molecule has 0 aliphatic carbocycles. The lowest BCUT2D eigenvalue weighted by atomic mass is 10.1. The van der Waals surface area contributed by atoms with Gasteiger partial charge in [0.1, 0.15) is 0 Å². The molecule has 0 aromatic rings. The number of terminal acetylenes is 1. The molecule has 0 aromatic carbocycles. The molecule has 0 saturated carbocycles. The van der Waals surface area contributed by atoms with Gasteiger partial charge < -0.3 is 0 Å². The fraction of sp³-hybridized carbons (Fsp3) is 0.600. The van der Waals surface area contributed by atoms with Gasteiger partial charge in [-0.15, -0.1) is 12.3 Å². The average Bonchev–Trinajstić information content (AvgIpc) is 2.18. The Bertz CT molecular complexity index is 280. The Morgan fingerprint density at radius 3 is 2.93 bits per heavy atom. The van der Waals surface area contributed by atoms with Gasteiger partial charge in [0, 0.05) is 13.0 Å². The smallest absolute Gasteiger partial charge is 0.246 e. The summed E-state index contributed by atoms with van der Waals surface area (Å²) in [4.78, 5) is 24.2. The maximum atomic E-state index is 11.6. The van der Waals surface area contributed by atoms with Crippen LogP contribution in [0.4, 0.5) is 0 Å². The lowest BCUT2D eigenvalue weighted by Gasteiger charge is -2.30. The van der Waals surface area contributed by atoms with E-state index in [1.807, 2.05) is 6.92 Å². The SMILES string of the molecule is C#CCCN1C(=O)CNC(CC)C1=O. The van der Waals surface area contributed by atoms with Gasteiger partial charge in [0.05, 0.1) is 12.6 Å². The highest BCUT2D eigenvalue weighted by molar-refractivity contribution is 6.01. The minimum atomic E-state index is -0.231. The molecule has 1 aliphatic rings. The highest BCUT2D eigenvalue weighted by Gasteiger charge is 2.31. The number of rotatable bonds is 3. The summed E-state index contributed by atoms with van der Waals surface area (Å²) in [5, 5.41) is 2.88. The maximum Gasteiger partial charge on any atom is 0.246 e. The molecule has 1 fully saturated rings. The number of carbonyl (C=O) groups is 2. The van der Waals surface area contributed by atoms with E-state index in [0.717, 1.165) is 0 Å². The van der Waals surface area contributed by atoms with E-state index in [1.54, 1.807) is 0 Å². The molecule has 0 spiro atoms. The van der Waals surface area contributed by atoms with Crippen molar-refractivity contribution >= 4 is 11.8 Å². The molecule has 2 amide bonds. The van der Waals surface area contributed by atoms with Crippen LogP contribution < -0.4 is 5.32 Å². The molecule has 1 unspecified atom stereocenters. The molecule has 0 aromatic heterocycles. The topological polar surface area (TPSA) is 49.4 Å². The predicted octanol–water partition coefficient (Wildman–Crippen LogP) is -0.253. The zero-order chi connectivity index (χ0) is 10.6. The Morgan fingerprint density at radius 1 is 1.64 bits per heavy atom. The molecule has 0 bridgehead atoms. The van der Waals surface area contributed by atoms with Gasteiger partial charge in [0.25, 0.3) is 0 Å². The first-order chi connectivity index (χ1) is 6.70. The number of hydrogen-bond acceptors (Lipinski definition) is 3. The van der Waals surface area contributed by atoms with Crippen molar-refractivity contribution < 1.29 is 9.59 Å². The van der Waals surface area contributed by atoms with Crippen LogP contribution >= 0.6 is 0 Å². The van der Waals surface area contributed by atoms with Gasteiger partial charge in [-0.3, -0.25) is 19.8 Å². The molecule has 14 heavy (non-hydrogen) atoms.